The fraction of sp³-hybridized carbons (Fsp3) is 0.417. The molecule has 1 amide bonds. The predicted molar refractivity (Wildman–Crippen MR) is 73.0 cm³/mol. The number of ether oxygens (including phenoxy) is 1. The van der Waals surface area contributed by atoms with Gasteiger partial charge in [0.1, 0.15) is 5.75 Å². The molecule has 1 aromatic rings. The van der Waals surface area contributed by atoms with Crippen molar-refractivity contribution in [2.45, 2.75) is 19.8 Å². The summed E-state index contributed by atoms with van der Waals surface area (Å²) in [5.41, 5.74) is 0.627. The lowest BCUT2D eigenvalue weighted by atomic mass is 10.2. The van der Waals surface area contributed by atoms with Gasteiger partial charge in [-0.15, -0.1) is 0 Å². The molecule has 0 fully saturated rings. The van der Waals surface area contributed by atoms with Gasteiger partial charge in [-0.3, -0.25) is 4.79 Å². The lowest BCUT2D eigenvalue weighted by Crippen LogP contribution is -2.25. The summed E-state index contributed by atoms with van der Waals surface area (Å²) in [6.45, 7) is 2.81. The highest BCUT2D eigenvalue weighted by Crippen LogP contribution is 2.23. The Morgan fingerprint density at radius 3 is 2.88 bits per heavy atom. The minimum atomic E-state index is -0.0599. The van der Waals surface area contributed by atoms with E-state index >= 15 is 0 Å². The van der Waals surface area contributed by atoms with Crippen molar-refractivity contribution >= 4 is 28.5 Å². The van der Waals surface area contributed by atoms with Gasteiger partial charge in [-0.2, -0.15) is 0 Å². The predicted octanol–water partition coefficient (Wildman–Crippen LogP) is 2.83. The van der Waals surface area contributed by atoms with Gasteiger partial charge in [-0.05, 0) is 41.1 Å². The van der Waals surface area contributed by atoms with Crippen molar-refractivity contribution in [1.29, 1.82) is 0 Å². The number of methoxy groups -OCH3 is 1. The van der Waals surface area contributed by atoms with Crippen LogP contribution in [0.15, 0.2) is 18.2 Å². The van der Waals surface area contributed by atoms with Crippen LogP contribution in [0.25, 0.3) is 0 Å². The van der Waals surface area contributed by atoms with E-state index in [0.717, 1.165) is 16.4 Å². The van der Waals surface area contributed by atoms with Crippen LogP contribution in [-0.4, -0.2) is 19.6 Å². The fourth-order valence-electron chi connectivity index (χ4n) is 1.36. The Balaban J connectivity index is 2.81. The zero-order valence-electron chi connectivity index (χ0n) is 9.55. The first-order chi connectivity index (χ1) is 7.70. The Hall–Kier alpha value is -0.780. The molecule has 3 nitrogen and oxygen atoms in total. The van der Waals surface area contributed by atoms with Crippen LogP contribution in [0.1, 0.15) is 30.1 Å². The summed E-state index contributed by atoms with van der Waals surface area (Å²) < 4.78 is 6.10. The van der Waals surface area contributed by atoms with Crippen molar-refractivity contribution in [2.24, 2.45) is 0 Å². The summed E-state index contributed by atoms with van der Waals surface area (Å²) in [6, 6.07) is 5.58. The first kappa shape index (κ1) is 13.3. The summed E-state index contributed by atoms with van der Waals surface area (Å²) >= 11 is 2.14. The van der Waals surface area contributed by atoms with E-state index in [1.54, 1.807) is 13.2 Å². The Labute approximate surface area is 110 Å². The number of benzene rings is 1. The molecule has 0 saturated heterocycles. The molecular formula is C12H16INO2. The molecule has 0 aromatic heterocycles. The van der Waals surface area contributed by atoms with Crippen LogP contribution in [0, 0.1) is 3.57 Å². The van der Waals surface area contributed by atoms with Crippen molar-refractivity contribution in [3.05, 3.63) is 27.3 Å². The number of halogens is 1. The lowest BCUT2D eigenvalue weighted by molar-refractivity contribution is 0.0949. The minimum absolute atomic E-state index is 0.0599. The van der Waals surface area contributed by atoms with Gasteiger partial charge in [0, 0.05) is 10.1 Å². The molecule has 0 aliphatic rings. The molecule has 1 rings (SSSR count). The molecule has 0 aliphatic carbocycles. The molecule has 16 heavy (non-hydrogen) atoms. The maximum absolute atomic E-state index is 11.9. The number of carbonyl (C=O) groups excluding carboxylic acids is 1. The SMILES string of the molecule is CCCCNC(=O)c1c(I)cccc1OC. The van der Waals surface area contributed by atoms with Gasteiger partial charge in [0.15, 0.2) is 0 Å². The van der Waals surface area contributed by atoms with E-state index in [1.807, 2.05) is 12.1 Å². The number of amides is 1. The van der Waals surface area contributed by atoms with E-state index in [0.29, 0.717) is 17.9 Å². The first-order valence-electron chi connectivity index (χ1n) is 5.31. The van der Waals surface area contributed by atoms with Crippen LogP contribution in [0.4, 0.5) is 0 Å². The van der Waals surface area contributed by atoms with Gasteiger partial charge in [0.2, 0.25) is 0 Å². The molecule has 1 aromatic carbocycles. The number of rotatable bonds is 5. The van der Waals surface area contributed by atoms with E-state index in [1.165, 1.54) is 0 Å². The second-order valence-electron chi connectivity index (χ2n) is 3.43. The van der Waals surface area contributed by atoms with Crippen LogP contribution < -0.4 is 10.1 Å². The van der Waals surface area contributed by atoms with Gasteiger partial charge in [-0.25, -0.2) is 0 Å². The number of nitrogens with one attached hydrogen (secondary N) is 1. The number of hydrogen-bond donors (Lipinski definition) is 1. The molecule has 0 radical (unpaired) electrons. The Morgan fingerprint density at radius 1 is 1.50 bits per heavy atom. The molecule has 0 unspecified atom stereocenters. The van der Waals surface area contributed by atoms with Gasteiger partial charge >= 0.3 is 0 Å². The topological polar surface area (TPSA) is 38.3 Å². The van der Waals surface area contributed by atoms with E-state index < -0.39 is 0 Å². The smallest absolute Gasteiger partial charge is 0.256 e. The fourth-order valence-corrected chi connectivity index (χ4v) is 2.08. The third kappa shape index (κ3) is 3.37. The second-order valence-corrected chi connectivity index (χ2v) is 4.59. The third-order valence-corrected chi connectivity index (χ3v) is 3.14. The molecule has 0 aliphatic heterocycles. The summed E-state index contributed by atoms with van der Waals surface area (Å²) in [6.07, 6.45) is 2.07. The Morgan fingerprint density at radius 2 is 2.25 bits per heavy atom. The first-order valence-corrected chi connectivity index (χ1v) is 6.39. The highest BCUT2D eigenvalue weighted by Gasteiger charge is 2.14. The van der Waals surface area contributed by atoms with E-state index in [2.05, 4.69) is 34.8 Å². The van der Waals surface area contributed by atoms with Crippen molar-refractivity contribution in [3.8, 4) is 5.75 Å². The highest BCUT2D eigenvalue weighted by molar-refractivity contribution is 14.1. The van der Waals surface area contributed by atoms with Crippen molar-refractivity contribution in [3.63, 3.8) is 0 Å². The van der Waals surface area contributed by atoms with E-state index in [-0.39, 0.29) is 5.91 Å². The highest BCUT2D eigenvalue weighted by atomic mass is 127. The molecular weight excluding hydrogens is 317 g/mol. The number of unbranched alkanes of at least 4 members (excludes halogenated alkanes) is 1. The molecule has 0 spiro atoms. The molecule has 0 bridgehead atoms. The van der Waals surface area contributed by atoms with Gasteiger partial charge in [-0.1, -0.05) is 19.4 Å². The molecule has 4 heteroatoms. The van der Waals surface area contributed by atoms with Gasteiger partial charge in [0.25, 0.3) is 5.91 Å². The average Bonchev–Trinajstić information content (AvgIpc) is 2.28. The van der Waals surface area contributed by atoms with Gasteiger partial charge < -0.3 is 10.1 Å². The largest absolute Gasteiger partial charge is 0.496 e. The van der Waals surface area contributed by atoms with Crippen LogP contribution in [0.2, 0.25) is 0 Å². The number of hydrogen-bond acceptors (Lipinski definition) is 2. The van der Waals surface area contributed by atoms with Crippen molar-refractivity contribution < 1.29 is 9.53 Å². The second kappa shape index (κ2) is 6.73. The monoisotopic (exact) mass is 333 g/mol. The Bertz CT molecular complexity index is 366. The zero-order valence-corrected chi connectivity index (χ0v) is 11.7. The Kier molecular flexibility index (Phi) is 5.59. The molecule has 1 N–H and O–H groups in total. The summed E-state index contributed by atoms with van der Waals surface area (Å²) in [4.78, 5) is 11.9. The zero-order chi connectivity index (χ0) is 12.0. The standard InChI is InChI=1S/C12H16INO2/c1-3-4-8-14-12(15)11-9(13)6-5-7-10(11)16-2/h5-7H,3-4,8H2,1-2H3,(H,14,15). The van der Waals surface area contributed by atoms with E-state index in [4.69, 9.17) is 4.74 Å². The van der Waals surface area contributed by atoms with Crippen molar-refractivity contribution in [1.82, 2.24) is 5.32 Å². The van der Waals surface area contributed by atoms with E-state index in [9.17, 15) is 4.79 Å². The van der Waals surface area contributed by atoms with Crippen LogP contribution in [-0.2, 0) is 0 Å². The summed E-state index contributed by atoms with van der Waals surface area (Å²) in [7, 11) is 1.58. The minimum Gasteiger partial charge on any atom is -0.496 e. The average molecular weight is 333 g/mol. The molecule has 0 atom stereocenters. The van der Waals surface area contributed by atoms with Crippen molar-refractivity contribution in [2.75, 3.05) is 13.7 Å². The normalized spacial score (nSPS) is 9.94. The third-order valence-electron chi connectivity index (χ3n) is 2.24. The summed E-state index contributed by atoms with van der Waals surface area (Å²) in [5.74, 6) is 0.566. The maximum atomic E-state index is 11.9. The molecule has 0 heterocycles. The number of carbonyl (C=O) groups is 1. The van der Waals surface area contributed by atoms with Crippen LogP contribution in [0.5, 0.6) is 5.75 Å². The molecule has 0 saturated carbocycles. The summed E-state index contributed by atoms with van der Waals surface area (Å²) in [5, 5.41) is 2.89. The maximum Gasteiger partial charge on any atom is 0.256 e. The van der Waals surface area contributed by atoms with Crippen LogP contribution in [0.3, 0.4) is 0 Å². The lowest BCUT2D eigenvalue weighted by Gasteiger charge is -2.10. The van der Waals surface area contributed by atoms with Gasteiger partial charge in [0.05, 0.1) is 12.7 Å². The van der Waals surface area contributed by atoms with Crippen LogP contribution >= 0.6 is 22.6 Å². The quantitative estimate of drug-likeness (QED) is 0.665. The molecule has 88 valence electrons.